The Hall–Kier alpha value is -2.80. The molecule has 2 fully saturated rings. The minimum atomic E-state index is -0.428. The largest absolute Gasteiger partial charge is 0.336 e. The molecule has 1 saturated carbocycles. The normalized spacial score (nSPS) is 18.7. The van der Waals surface area contributed by atoms with Gasteiger partial charge in [0.15, 0.2) is 0 Å². The van der Waals surface area contributed by atoms with Gasteiger partial charge in [-0.05, 0) is 61.2 Å². The second kappa shape index (κ2) is 9.56. The Morgan fingerprint density at radius 2 is 1.58 bits per heavy atom. The van der Waals surface area contributed by atoms with Crippen molar-refractivity contribution in [1.82, 2.24) is 9.80 Å². The Labute approximate surface area is 181 Å². The summed E-state index contributed by atoms with van der Waals surface area (Å²) in [5, 5.41) is 2.94. The number of benzene rings is 2. The van der Waals surface area contributed by atoms with Crippen LogP contribution in [0.1, 0.15) is 36.0 Å². The lowest BCUT2D eigenvalue weighted by Crippen LogP contribution is -2.56. The molecule has 2 aromatic rings. The summed E-state index contributed by atoms with van der Waals surface area (Å²) in [6.45, 7) is 2.14. The second-order valence-electron chi connectivity index (χ2n) is 8.32. The Kier molecular flexibility index (Phi) is 6.61. The summed E-state index contributed by atoms with van der Waals surface area (Å²) >= 11 is 0. The molecular formula is C24H27F2N3O2. The predicted molar refractivity (Wildman–Crippen MR) is 115 cm³/mol. The van der Waals surface area contributed by atoms with E-state index >= 15 is 0 Å². The monoisotopic (exact) mass is 427 g/mol. The lowest BCUT2D eigenvalue weighted by Gasteiger charge is -2.40. The molecule has 1 saturated heterocycles. The van der Waals surface area contributed by atoms with E-state index in [0.717, 1.165) is 25.7 Å². The molecule has 31 heavy (non-hydrogen) atoms. The average Bonchev–Trinajstić information content (AvgIpc) is 3.30. The van der Waals surface area contributed by atoms with Gasteiger partial charge in [0.1, 0.15) is 11.6 Å². The number of hydrogen-bond donors (Lipinski definition) is 1. The van der Waals surface area contributed by atoms with Crippen molar-refractivity contribution in [3.8, 4) is 0 Å². The first kappa shape index (κ1) is 21.4. The Balaban J connectivity index is 1.43. The summed E-state index contributed by atoms with van der Waals surface area (Å²) in [7, 11) is 0. The van der Waals surface area contributed by atoms with Gasteiger partial charge < -0.3 is 10.2 Å². The van der Waals surface area contributed by atoms with Crippen LogP contribution in [0.3, 0.4) is 0 Å². The van der Waals surface area contributed by atoms with E-state index in [4.69, 9.17) is 0 Å². The molecule has 2 aromatic carbocycles. The number of nitrogens with zero attached hydrogens (tertiary/aromatic N) is 2. The standard InChI is InChI=1S/C24H27F2N3O2/c25-19-8-10-21(11-9-19)27-23(30)22(17-4-1-2-5-17)28-12-14-29(15-13-28)24(31)18-6-3-7-20(26)16-18/h3,6-11,16-17,22H,1-2,4-5,12-15H2,(H,27,30)/t22-/m0/s1. The first-order chi connectivity index (χ1) is 15.0. The van der Waals surface area contributed by atoms with Crippen molar-refractivity contribution in [2.45, 2.75) is 31.7 Å². The highest BCUT2D eigenvalue weighted by Crippen LogP contribution is 2.32. The molecular weight excluding hydrogens is 400 g/mol. The number of rotatable bonds is 5. The van der Waals surface area contributed by atoms with Gasteiger partial charge in [-0.2, -0.15) is 0 Å². The maximum atomic E-state index is 13.5. The van der Waals surface area contributed by atoms with Crippen LogP contribution in [0.5, 0.6) is 0 Å². The van der Waals surface area contributed by atoms with Crippen LogP contribution in [0, 0.1) is 17.6 Å². The Morgan fingerprint density at radius 3 is 2.23 bits per heavy atom. The molecule has 5 nitrogen and oxygen atoms in total. The summed E-state index contributed by atoms with van der Waals surface area (Å²) in [4.78, 5) is 29.8. The molecule has 1 heterocycles. The molecule has 164 valence electrons. The Bertz CT molecular complexity index is 921. The van der Waals surface area contributed by atoms with Crippen molar-refractivity contribution in [2.24, 2.45) is 5.92 Å². The fourth-order valence-electron chi connectivity index (χ4n) is 4.71. The van der Waals surface area contributed by atoms with Gasteiger partial charge in [0.2, 0.25) is 5.91 Å². The first-order valence-electron chi connectivity index (χ1n) is 10.9. The molecule has 1 N–H and O–H groups in total. The maximum Gasteiger partial charge on any atom is 0.254 e. The zero-order valence-electron chi connectivity index (χ0n) is 17.4. The molecule has 1 atom stereocenters. The number of halogens is 2. The van der Waals surface area contributed by atoms with Gasteiger partial charge >= 0.3 is 0 Å². The van der Waals surface area contributed by atoms with Crippen LogP contribution < -0.4 is 5.32 Å². The lowest BCUT2D eigenvalue weighted by molar-refractivity contribution is -0.123. The van der Waals surface area contributed by atoms with E-state index < -0.39 is 5.82 Å². The van der Waals surface area contributed by atoms with Crippen LogP contribution in [0.25, 0.3) is 0 Å². The van der Waals surface area contributed by atoms with Crippen LogP contribution in [0.2, 0.25) is 0 Å². The highest BCUT2D eigenvalue weighted by atomic mass is 19.1. The summed E-state index contributed by atoms with van der Waals surface area (Å²) < 4.78 is 26.7. The third-order valence-electron chi connectivity index (χ3n) is 6.29. The van der Waals surface area contributed by atoms with E-state index in [1.54, 1.807) is 23.1 Å². The summed E-state index contributed by atoms with van der Waals surface area (Å²) in [6, 6.07) is 11.2. The summed E-state index contributed by atoms with van der Waals surface area (Å²) in [5.41, 5.74) is 0.921. The van der Waals surface area contributed by atoms with Crippen LogP contribution in [0.15, 0.2) is 48.5 Å². The maximum absolute atomic E-state index is 13.5. The molecule has 1 aliphatic heterocycles. The Morgan fingerprint density at radius 1 is 0.903 bits per heavy atom. The predicted octanol–water partition coefficient (Wildman–Crippen LogP) is 3.92. The van der Waals surface area contributed by atoms with Crippen LogP contribution in [0.4, 0.5) is 14.5 Å². The van der Waals surface area contributed by atoms with Crippen LogP contribution in [-0.2, 0) is 4.79 Å². The molecule has 2 amide bonds. The zero-order chi connectivity index (χ0) is 21.8. The highest BCUT2D eigenvalue weighted by Gasteiger charge is 2.37. The van der Waals surface area contributed by atoms with E-state index in [1.165, 1.54) is 30.3 Å². The molecule has 0 bridgehead atoms. The SMILES string of the molecule is O=C(Nc1ccc(F)cc1)[C@H](C1CCCC1)N1CCN(C(=O)c2cccc(F)c2)CC1. The highest BCUT2D eigenvalue weighted by molar-refractivity contribution is 5.95. The molecule has 4 rings (SSSR count). The van der Waals surface area contributed by atoms with Crippen LogP contribution in [-0.4, -0.2) is 53.8 Å². The number of hydrogen-bond acceptors (Lipinski definition) is 3. The molecule has 0 spiro atoms. The van der Waals surface area contributed by atoms with Gasteiger partial charge in [0.05, 0.1) is 6.04 Å². The van der Waals surface area contributed by atoms with Crippen molar-refractivity contribution in [3.05, 3.63) is 65.7 Å². The number of anilines is 1. The van der Waals surface area contributed by atoms with Crippen molar-refractivity contribution in [2.75, 3.05) is 31.5 Å². The number of carbonyl (C=O) groups excluding carboxylic acids is 2. The van der Waals surface area contributed by atoms with Crippen molar-refractivity contribution in [3.63, 3.8) is 0 Å². The topological polar surface area (TPSA) is 52.7 Å². The third-order valence-corrected chi connectivity index (χ3v) is 6.29. The quantitative estimate of drug-likeness (QED) is 0.787. The van der Waals surface area contributed by atoms with Crippen molar-refractivity contribution in [1.29, 1.82) is 0 Å². The molecule has 2 aliphatic rings. The number of piperazine rings is 1. The minimum absolute atomic E-state index is 0.0802. The van der Waals surface area contributed by atoms with Gasteiger partial charge in [-0.15, -0.1) is 0 Å². The van der Waals surface area contributed by atoms with Gasteiger partial charge in [-0.3, -0.25) is 14.5 Å². The number of carbonyl (C=O) groups is 2. The number of nitrogens with one attached hydrogen (secondary N) is 1. The van der Waals surface area contributed by atoms with E-state index in [2.05, 4.69) is 10.2 Å². The van der Waals surface area contributed by atoms with Gasteiger partial charge in [-0.1, -0.05) is 18.9 Å². The summed E-state index contributed by atoms with van der Waals surface area (Å²) in [6.07, 6.45) is 4.24. The molecule has 0 radical (unpaired) electrons. The molecule has 7 heteroatoms. The molecule has 0 aromatic heterocycles. The third kappa shape index (κ3) is 5.10. The average molecular weight is 427 g/mol. The van der Waals surface area contributed by atoms with Crippen molar-refractivity contribution >= 4 is 17.5 Å². The minimum Gasteiger partial charge on any atom is -0.336 e. The van der Waals surface area contributed by atoms with E-state index in [-0.39, 0.29) is 29.6 Å². The van der Waals surface area contributed by atoms with Gasteiger partial charge in [0.25, 0.3) is 5.91 Å². The van der Waals surface area contributed by atoms with Gasteiger partial charge in [0, 0.05) is 37.4 Å². The smallest absolute Gasteiger partial charge is 0.254 e. The van der Waals surface area contributed by atoms with Crippen LogP contribution >= 0.6 is 0 Å². The molecule has 1 aliphatic carbocycles. The van der Waals surface area contributed by atoms with Crippen molar-refractivity contribution < 1.29 is 18.4 Å². The lowest BCUT2D eigenvalue weighted by atomic mass is 9.94. The van der Waals surface area contributed by atoms with E-state index in [9.17, 15) is 18.4 Å². The second-order valence-corrected chi connectivity index (χ2v) is 8.32. The number of amides is 2. The van der Waals surface area contributed by atoms with E-state index in [1.807, 2.05) is 0 Å². The first-order valence-corrected chi connectivity index (χ1v) is 10.9. The van der Waals surface area contributed by atoms with E-state index in [0.29, 0.717) is 37.4 Å². The zero-order valence-corrected chi connectivity index (χ0v) is 17.4. The molecule has 0 unspecified atom stereocenters. The fourth-order valence-corrected chi connectivity index (χ4v) is 4.71. The summed E-state index contributed by atoms with van der Waals surface area (Å²) in [5.74, 6) is -0.769. The fraction of sp³-hybridized carbons (Fsp3) is 0.417. The van der Waals surface area contributed by atoms with Gasteiger partial charge in [-0.25, -0.2) is 8.78 Å².